The molecule has 2 heterocycles. The molecule has 26 heavy (non-hydrogen) atoms. The van der Waals surface area contributed by atoms with E-state index < -0.39 is 0 Å². The second-order valence-corrected chi connectivity index (χ2v) is 9.97. The molecule has 2 aromatic rings. The Hall–Kier alpha value is -0.239. The van der Waals surface area contributed by atoms with Crippen molar-refractivity contribution in [3.63, 3.8) is 0 Å². The van der Waals surface area contributed by atoms with Crippen LogP contribution in [0.15, 0.2) is 60.7 Å². The summed E-state index contributed by atoms with van der Waals surface area (Å²) in [6.07, 6.45) is -0.474. The molecule has 0 saturated carbocycles. The van der Waals surface area contributed by atoms with Crippen molar-refractivity contribution in [2.75, 3.05) is 6.61 Å². The van der Waals surface area contributed by atoms with Crippen LogP contribution in [0.25, 0.3) is 0 Å². The molecule has 6 atom stereocenters. The molecule has 5 heteroatoms. The molecule has 0 aromatic heterocycles. The molecule has 0 aliphatic carbocycles. The second kappa shape index (κ2) is 8.84. The summed E-state index contributed by atoms with van der Waals surface area (Å²) in [5.41, 5.74) is 2.23. The van der Waals surface area contributed by atoms with E-state index in [0.29, 0.717) is 63.5 Å². The minimum absolute atomic E-state index is 0.0239. The second-order valence-electron chi connectivity index (χ2n) is 7.18. The summed E-state index contributed by atoms with van der Waals surface area (Å²) in [6, 6.07) is 20.4. The molecule has 0 radical (unpaired) electrons. The van der Waals surface area contributed by atoms with Crippen molar-refractivity contribution in [1.82, 2.24) is 0 Å². The average Bonchev–Trinajstić information content (AvgIpc) is 2.69. The van der Waals surface area contributed by atoms with Crippen LogP contribution in [-0.2, 0) is 25.6 Å². The summed E-state index contributed by atoms with van der Waals surface area (Å²) in [5, 5.41) is 0. The maximum atomic E-state index is 6.38. The van der Waals surface area contributed by atoms with E-state index >= 15 is 0 Å². The van der Waals surface area contributed by atoms with E-state index in [2.05, 4.69) is 19.1 Å². The topological polar surface area (TPSA) is 36.9 Å². The van der Waals surface area contributed by atoms with Crippen LogP contribution in [0.4, 0.5) is 0 Å². The molecule has 4 rings (SSSR count). The molecular formula is C21H24O4Sr. The first-order valence-corrected chi connectivity index (χ1v) is 12.2. The summed E-state index contributed by atoms with van der Waals surface area (Å²) < 4.78 is 25.2. The van der Waals surface area contributed by atoms with Gasteiger partial charge in [-0.05, 0) is 0 Å². The van der Waals surface area contributed by atoms with Gasteiger partial charge < -0.3 is 0 Å². The number of fused-ring (bicyclic) bond motifs is 1. The van der Waals surface area contributed by atoms with Crippen LogP contribution >= 0.6 is 0 Å². The molecule has 2 saturated heterocycles. The van der Waals surface area contributed by atoms with E-state index in [-0.39, 0.29) is 24.6 Å². The standard InChI is InChI=1S/C21H23O4.Sr.H/c1-15-12-22-18-14-24-21(17-10-6-3-7-11-17)25-20(18)19(15)23-13-16-8-4-2-5-9-16;;/h2-12,15,18-21H,13-14H2,1H3;;/t15?,18?,19-,20+,21?;;/m0../s1. The molecule has 2 aliphatic heterocycles. The van der Waals surface area contributed by atoms with Gasteiger partial charge in [-0.15, -0.1) is 0 Å². The van der Waals surface area contributed by atoms with Crippen LogP contribution < -0.4 is 0 Å². The molecule has 0 amide bonds. The number of rotatable bonds is 4. The zero-order chi connectivity index (χ0) is 17.9. The molecular weight excluding hydrogens is 404 g/mol. The Morgan fingerprint density at radius 3 is 2.42 bits per heavy atom. The SMILES string of the molecule is CC1[C@H]([SrH])OC2COC(c3ccccc3)O[C@H]2[C@H]1OCc1ccccc1. The summed E-state index contributed by atoms with van der Waals surface area (Å²) >= 11 is 0.388. The van der Waals surface area contributed by atoms with Gasteiger partial charge in [0.05, 0.1) is 0 Å². The third-order valence-electron chi connectivity index (χ3n) is 5.39. The monoisotopic (exact) mass is 428 g/mol. The van der Waals surface area contributed by atoms with Crippen molar-refractivity contribution >= 4 is 43.3 Å². The fourth-order valence-electron chi connectivity index (χ4n) is 3.72. The zero-order valence-corrected chi connectivity index (χ0v) is 20.2. The summed E-state index contributed by atoms with van der Waals surface area (Å²) in [4.78, 5) is 0. The third kappa shape index (κ3) is 4.26. The quantitative estimate of drug-likeness (QED) is 0.703. The molecule has 0 N–H and O–H groups in total. The van der Waals surface area contributed by atoms with Crippen LogP contribution in [0, 0.1) is 5.92 Å². The Morgan fingerprint density at radius 2 is 1.69 bits per heavy atom. The van der Waals surface area contributed by atoms with E-state index in [1.54, 1.807) is 0 Å². The minimum atomic E-state index is -0.354. The Morgan fingerprint density at radius 1 is 1.00 bits per heavy atom. The van der Waals surface area contributed by atoms with Crippen LogP contribution in [0.5, 0.6) is 0 Å². The molecule has 2 fully saturated rings. The number of benzene rings is 2. The predicted molar refractivity (Wildman–Crippen MR) is 100 cm³/mol. The number of hydrogen-bond acceptors (Lipinski definition) is 4. The van der Waals surface area contributed by atoms with Crippen LogP contribution in [0.2, 0.25) is 0 Å². The van der Waals surface area contributed by atoms with Gasteiger partial charge in [-0.1, -0.05) is 0 Å². The van der Waals surface area contributed by atoms with Crippen molar-refractivity contribution in [1.29, 1.82) is 0 Å². The van der Waals surface area contributed by atoms with E-state index in [1.807, 2.05) is 48.5 Å². The molecule has 4 nitrogen and oxygen atoms in total. The van der Waals surface area contributed by atoms with Gasteiger partial charge in [0.15, 0.2) is 0 Å². The molecule has 0 spiro atoms. The number of ether oxygens (including phenoxy) is 4. The van der Waals surface area contributed by atoms with Gasteiger partial charge >= 0.3 is 186 Å². The van der Waals surface area contributed by atoms with Gasteiger partial charge in [-0.2, -0.15) is 0 Å². The third-order valence-corrected chi connectivity index (χ3v) is 8.64. The van der Waals surface area contributed by atoms with Crippen molar-refractivity contribution in [2.24, 2.45) is 5.92 Å². The van der Waals surface area contributed by atoms with Crippen LogP contribution in [0.1, 0.15) is 24.3 Å². The van der Waals surface area contributed by atoms with E-state index in [4.69, 9.17) is 18.9 Å². The molecule has 134 valence electrons. The zero-order valence-electron chi connectivity index (χ0n) is 15.3. The first-order chi connectivity index (χ1) is 12.7. The molecule has 0 bridgehead atoms. The average molecular weight is 428 g/mol. The van der Waals surface area contributed by atoms with Gasteiger partial charge in [0.1, 0.15) is 0 Å². The van der Waals surface area contributed by atoms with Gasteiger partial charge in [0.25, 0.3) is 0 Å². The van der Waals surface area contributed by atoms with Crippen LogP contribution in [-0.4, -0.2) is 69.2 Å². The van der Waals surface area contributed by atoms with Crippen molar-refractivity contribution in [3.8, 4) is 0 Å². The van der Waals surface area contributed by atoms with Crippen molar-refractivity contribution in [3.05, 3.63) is 71.8 Å². The summed E-state index contributed by atoms with van der Waals surface area (Å²) in [5.74, 6) is 0.338. The Kier molecular flexibility index (Phi) is 6.49. The Bertz CT molecular complexity index is 696. The Balaban J connectivity index is 1.50. The van der Waals surface area contributed by atoms with Crippen molar-refractivity contribution < 1.29 is 18.9 Å². The fraction of sp³-hybridized carbons (Fsp3) is 0.429. The first kappa shape index (κ1) is 19.1. The predicted octanol–water partition coefficient (Wildman–Crippen LogP) is 2.95. The van der Waals surface area contributed by atoms with E-state index in [9.17, 15) is 0 Å². The first-order valence-electron chi connectivity index (χ1n) is 9.35. The Labute approximate surface area is 184 Å². The molecule has 2 aliphatic rings. The normalized spacial score (nSPS) is 34.2. The fourth-order valence-corrected chi connectivity index (χ4v) is 5.51. The van der Waals surface area contributed by atoms with Gasteiger partial charge in [-0.25, -0.2) is 0 Å². The summed E-state index contributed by atoms with van der Waals surface area (Å²) in [7, 11) is 0. The summed E-state index contributed by atoms with van der Waals surface area (Å²) in [6.45, 7) is 3.38. The van der Waals surface area contributed by atoms with Crippen LogP contribution in [0.3, 0.4) is 0 Å². The van der Waals surface area contributed by atoms with Gasteiger partial charge in [-0.3, -0.25) is 0 Å². The maximum absolute atomic E-state index is 6.38. The van der Waals surface area contributed by atoms with Gasteiger partial charge in [0.2, 0.25) is 0 Å². The van der Waals surface area contributed by atoms with E-state index in [1.165, 1.54) is 5.56 Å². The van der Waals surface area contributed by atoms with E-state index in [0.717, 1.165) is 5.56 Å². The van der Waals surface area contributed by atoms with Gasteiger partial charge in [0, 0.05) is 0 Å². The van der Waals surface area contributed by atoms with Crippen molar-refractivity contribution in [2.45, 2.75) is 39.2 Å². The molecule has 2 aromatic carbocycles. The number of hydrogen-bond donors (Lipinski definition) is 0. The molecule has 3 unspecified atom stereocenters.